The first-order valence-corrected chi connectivity index (χ1v) is 8.51. The Kier molecular flexibility index (Phi) is 4.26. The number of rotatable bonds is 2. The molecular formula is C17H19N3O2S. The van der Waals surface area contributed by atoms with Gasteiger partial charge in [0.15, 0.2) is 5.16 Å². The lowest BCUT2D eigenvalue weighted by Crippen LogP contribution is -2.37. The summed E-state index contributed by atoms with van der Waals surface area (Å²) in [5, 5.41) is 3.69. The third kappa shape index (κ3) is 3.17. The fourth-order valence-electron chi connectivity index (χ4n) is 2.57. The summed E-state index contributed by atoms with van der Waals surface area (Å²) in [5.41, 5.74) is 3.50. The largest absolute Gasteiger partial charge is 0.326 e. The standard InChI is InChI=1S/C17H19N3O2S/c1-10-4-5-11(2)14(6-10)19-15(21)13-8-20-16(22)12(3)7-18-17(20)23-9-13/h4-7,13H,8-9H2,1-3H3,(H,19,21). The van der Waals surface area contributed by atoms with E-state index in [0.29, 0.717) is 23.0 Å². The molecule has 0 fully saturated rings. The van der Waals surface area contributed by atoms with Crippen LogP contribution in [0.2, 0.25) is 0 Å². The lowest BCUT2D eigenvalue weighted by molar-refractivity contribution is -0.119. The predicted octanol–water partition coefficient (Wildman–Crippen LogP) is 2.53. The molecule has 0 saturated heterocycles. The van der Waals surface area contributed by atoms with Gasteiger partial charge in [0.1, 0.15) is 0 Å². The van der Waals surface area contributed by atoms with Gasteiger partial charge in [-0.2, -0.15) is 0 Å². The smallest absolute Gasteiger partial charge is 0.257 e. The van der Waals surface area contributed by atoms with Gasteiger partial charge >= 0.3 is 0 Å². The van der Waals surface area contributed by atoms with Crippen molar-refractivity contribution in [3.05, 3.63) is 51.4 Å². The molecule has 0 radical (unpaired) electrons. The van der Waals surface area contributed by atoms with Crippen LogP contribution in [0.5, 0.6) is 0 Å². The highest BCUT2D eigenvalue weighted by Gasteiger charge is 2.27. The van der Waals surface area contributed by atoms with Crippen molar-refractivity contribution >= 4 is 23.4 Å². The monoisotopic (exact) mass is 329 g/mol. The third-order valence-electron chi connectivity index (χ3n) is 4.02. The molecular weight excluding hydrogens is 310 g/mol. The van der Waals surface area contributed by atoms with Crippen LogP contribution in [0.3, 0.4) is 0 Å². The van der Waals surface area contributed by atoms with E-state index in [1.54, 1.807) is 17.7 Å². The van der Waals surface area contributed by atoms with E-state index in [2.05, 4.69) is 10.3 Å². The molecule has 2 heterocycles. The Hall–Kier alpha value is -2.08. The van der Waals surface area contributed by atoms with E-state index < -0.39 is 0 Å². The summed E-state index contributed by atoms with van der Waals surface area (Å²) in [6.45, 7) is 6.09. The molecule has 1 aromatic carbocycles. The van der Waals surface area contributed by atoms with Crippen molar-refractivity contribution in [1.82, 2.24) is 9.55 Å². The minimum atomic E-state index is -0.242. The summed E-state index contributed by atoms with van der Waals surface area (Å²) >= 11 is 1.46. The number of fused-ring (bicyclic) bond motifs is 1. The minimum Gasteiger partial charge on any atom is -0.326 e. The molecule has 1 N–H and O–H groups in total. The molecule has 1 amide bonds. The Morgan fingerprint density at radius 1 is 1.30 bits per heavy atom. The number of carbonyl (C=O) groups excluding carboxylic acids is 1. The highest BCUT2D eigenvalue weighted by Crippen LogP contribution is 2.26. The van der Waals surface area contributed by atoms with Crippen molar-refractivity contribution in [1.29, 1.82) is 0 Å². The Morgan fingerprint density at radius 3 is 2.87 bits per heavy atom. The molecule has 0 aliphatic carbocycles. The highest BCUT2D eigenvalue weighted by atomic mass is 32.2. The second-order valence-corrected chi connectivity index (χ2v) is 6.94. The number of nitrogens with one attached hydrogen (secondary N) is 1. The van der Waals surface area contributed by atoms with Gasteiger partial charge in [-0.3, -0.25) is 14.2 Å². The number of aromatic nitrogens is 2. The molecule has 1 aliphatic rings. The summed E-state index contributed by atoms with van der Waals surface area (Å²) in [5.74, 6) is 0.339. The average molecular weight is 329 g/mol. The van der Waals surface area contributed by atoms with Crippen LogP contribution in [-0.4, -0.2) is 21.2 Å². The first-order valence-electron chi connectivity index (χ1n) is 7.53. The van der Waals surface area contributed by atoms with E-state index in [9.17, 15) is 9.59 Å². The number of nitrogens with zero attached hydrogens (tertiary/aromatic N) is 2. The minimum absolute atomic E-state index is 0.0507. The number of hydrogen-bond acceptors (Lipinski definition) is 4. The summed E-state index contributed by atoms with van der Waals surface area (Å²) in [6.07, 6.45) is 1.59. The number of aryl methyl sites for hydroxylation is 3. The van der Waals surface area contributed by atoms with Crippen molar-refractivity contribution in [3.63, 3.8) is 0 Å². The summed E-state index contributed by atoms with van der Waals surface area (Å²) in [6, 6.07) is 5.98. The molecule has 3 rings (SSSR count). The van der Waals surface area contributed by atoms with Gasteiger partial charge in [0, 0.05) is 29.7 Å². The Morgan fingerprint density at radius 2 is 2.09 bits per heavy atom. The van der Waals surface area contributed by atoms with Crippen LogP contribution in [0.1, 0.15) is 16.7 Å². The molecule has 0 spiro atoms. The second kappa shape index (κ2) is 6.20. The number of thioether (sulfide) groups is 1. The molecule has 0 bridgehead atoms. The Bertz CT molecular complexity index is 829. The van der Waals surface area contributed by atoms with Gasteiger partial charge in [0.05, 0.1) is 5.92 Å². The molecule has 5 nitrogen and oxygen atoms in total. The van der Waals surface area contributed by atoms with Gasteiger partial charge in [0.25, 0.3) is 5.56 Å². The lowest BCUT2D eigenvalue weighted by atomic mass is 10.1. The van der Waals surface area contributed by atoms with Crippen LogP contribution >= 0.6 is 11.8 Å². The molecule has 1 unspecified atom stereocenters. The molecule has 2 aromatic rings. The molecule has 0 saturated carbocycles. The van der Waals surface area contributed by atoms with Crippen LogP contribution in [0.4, 0.5) is 5.69 Å². The fourth-order valence-corrected chi connectivity index (χ4v) is 3.61. The highest BCUT2D eigenvalue weighted by molar-refractivity contribution is 7.99. The van der Waals surface area contributed by atoms with E-state index in [1.165, 1.54) is 11.8 Å². The van der Waals surface area contributed by atoms with Crippen molar-refractivity contribution in [2.75, 3.05) is 11.1 Å². The second-order valence-electron chi connectivity index (χ2n) is 5.96. The molecule has 6 heteroatoms. The van der Waals surface area contributed by atoms with E-state index in [1.807, 2.05) is 32.0 Å². The topological polar surface area (TPSA) is 64.0 Å². The Balaban J connectivity index is 1.80. The van der Waals surface area contributed by atoms with E-state index in [0.717, 1.165) is 16.8 Å². The third-order valence-corrected chi connectivity index (χ3v) is 5.17. The average Bonchev–Trinajstić information content (AvgIpc) is 2.54. The van der Waals surface area contributed by atoms with Crippen molar-refractivity contribution in [2.24, 2.45) is 5.92 Å². The van der Waals surface area contributed by atoms with Crippen LogP contribution < -0.4 is 10.9 Å². The van der Waals surface area contributed by atoms with Crippen LogP contribution in [0.25, 0.3) is 0 Å². The van der Waals surface area contributed by atoms with E-state index in [-0.39, 0.29) is 17.4 Å². The molecule has 1 aliphatic heterocycles. The van der Waals surface area contributed by atoms with Crippen LogP contribution in [0.15, 0.2) is 34.3 Å². The number of benzene rings is 1. The van der Waals surface area contributed by atoms with E-state index >= 15 is 0 Å². The number of hydrogen-bond donors (Lipinski definition) is 1. The summed E-state index contributed by atoms with van der Waals surface area (Å²) in [4.78, 5) is 29.1. The van der Waals surface area contributed by atoms with Gasteiger partial charge in [0.2, 0.25) is 5.91 Å². The van der Waals surface area contributed by atoms with Crippen molar-refractivity contribution in [3.8, 4) is 0 Å². The number of anilines is 1. The quantitative estimate of drug-likeness (QED) is 0.860. The van der Waals surface area contributed by atoms with Gasteiger partial charge in [-0.15, -0.1) is 0 Å². The maximum Gasteiger partial charge on any atom is 0.257 e. The van der Waals surface area contributed by atoms with Crippen LogP contribution in [0, 0.1) is 26.7 Å². The summed E-state index contributed by atoms with van der Waals surface area (Å²) < 4.78 is 1.61. The molecule has 1 atom stereocenters. The van der Waals surface area contributed by atoms with Gasteiger partial charge in [-0.1, -0.05) is 23.9 Å². The normalized spacial score (nSPS) is 16.7. The Labute approximate surface area is 139 Å². The van der Waals surface area contributed by atoms with Crippen molar-refractivity contribution < 1.29 is 4.79 Å². The van der Waals surface area contributed by atoms with Gasteiger partial charge in [-0.25, -0.2) is 4.98 Å². The molecule has 23 heavy (non-hydrogen) atoms. The van der Waals surface area contributed by atoms with E-state index in [4.69, 9.17) is 0 Å². The predicted molar refractivity (Wildman–Crippen MR) is 92.0 cm³/mol. The zero-order valence-electron chi connectivity index (χ0n) is 13.4. The SMILES string of the molecule is Cc1ccc(C)c(NC(=O)C2CSc3ncc(C)c(=O)n3C2)c1. The van der Waals surface area contributed by atoms with Crippen LogP contribution in [-0.2, 0) is 11.3 Å². The number of carbonyl (C=O) groups is 1. The van der Waals surface area contributed by atoms with Gasteiger partial charge in [-0.05, 0) is 38.0 Å². The summed E-state index contributed by atoms with van der Waals surface area (Å²) in [7, 11) is 0. The molecule has 1 aromatic heterocycles. The maximum absolute atomic E-state index is 12.6. The zero-order valence-corrected chi connectivity index (χ0v) is 14.2. The first-order chi connectivity index (χ1) is 11.0. The maximum atomic E-state index is 12.6. The zero-order chi connectivity index (χ0) is 16.6. The molecule has 120 valence electrons. The first kappa shape index (κ1) is 15.8. The van der Waals surface area contributed by atoms with Gasteiger partial charge < -0.3 is 5.32 Å². The van der Waals surface area contributed by atoms with Crippen molar-refractivity contribution in [2.45, 2.75) is 32.5 Å². The lowest BCUT2D eigenvalue weighted by Gasteiger charge is -2.24. The number of amides is 1. The fraction of sp³-hybridized carbons (Fsp3) is 0.353.